The molecule has 0 aliphatic carbocycles. The molecule has 0 aliphatic heterocycles. The van der Waals surface area contributed by atoms with E-state index >= 15 is 0 Å². The zero-order valence-corrected chi connectivity index (χ0v) is 12.0. The fraction of sp³-hybridized carbons (Fsp3) is 0.308. The molecule has 0 spiro atoms. The quantitative estimate of drug-likeness (QED) is 0.745. The molecule has 3 aromatic heterocycles. The van der Waals surface area contributed by atoms with Crippen molar-refractivity contribution in [2.45, 2.75) is 20.1 Å². The Balaban J connectivity index is 2.10. The molecule has 116 valence electrons. The topological polar surface area (TPSA) is 83.3 Å². The number of nitrogens with zero attached hydrogens (tertiary/aromatic N) is 5. The number of aromatic nitrogens is 5. The number of pyridine rings is 1. The SMILES string of the molecule is CCOC(C)n1cc(-c2c(F)cc3nc(N)nn3c2F)cn1. The molecule has 0 aromatic carbocycles. The molecular formula is C13H14F2N6O. The van der Waals surface area contributed by atoms with Crippen LogP contribution in [0.5, 0.6) is 0 Å². The fourth-order valence-corrected chi connectivity index (χ4v) is 2.21. The van der Waals surface area contributed by atoms with Crippen molar-refractivity contribution in [1.29, 1.82) is 0 Å². The molecule has 3 rings (SSSR count). The Morgan fingerprint density at radius 1 is 1.41 bits per heavy atom. The Morgan fingerprint density at radius 3 is 2.91 bits per heavy atom. The molecule has 1 atom stereocenters. The molecule has 1 unspecified atom stereocenters. The van der Waals surface area contributed by atoms with E-state index in [1.165, 1.54) is 17.1 Å². The van der Waals surface area contributed by atoms with E-state index in [4.69, 9.17) is 10.5 Å². The first-order valence-electron chi connectivity index (χ1n) is 6.67. The van der Waals surface area contributed by atoms with Crippen molar-refractivity contribution in [2.75, 3.05) is 12.3 Å². The molecule has 0 radical (unpaired) electrons. The molecule has 3 heterocycles. The molecule has 0 fully saturated rings. The van der Waals surface area contributed by atoms with Crippen LogP contribution >= 0.6 is 0 Å². The van der Waals surface area contributed by atoms with Crippen LogP contribution in [-0.2, 0) is 4.74 Å². The van der Waals surface area contributed by atoms with Crippen LogP contribution in [0.2, 0.25) is 0 Å². The highest BCUT2D eigenvalue weighted by Gasteiger charge is 2.20. The number of hydrogen-bond acceptors (Lipinski definition) is 5. The van der Waals surface area contributed by atoms with Gasteiger partial charge in [0.25, 0.3) is 0 Å². The van der Waals surface area contributed by atoms with Crippen molar-refractivity contribution in [1.82, 2.24) is 24.4 Å². The zero-order valence-electron chi connectivity index (χ0n) is 12.0. The second-order valence-corrected chi connectivity index (χ2v) is 4.66. The fourth-order valence-electron chi connectivity index (χ4n) is 2.21. The summed E-state index contributed by atoms with van der Waals surface area (Å²) in [6.45, 7) is 4.14. The molecule has 0 aliphatic rings. The van der Waals surface area contributed by atoms with Crippen LogP contribution in [0.25, 0.3) is 16.8 Å². The average molecular weight is 308 g/mol. The van der Waals surface area contributed by atoms with Crippen LogP contribution in [0.3, 0.4) is 0 Å². The monoisotopic (exact) mass is 308 g/mol. The van der Waals surface area contributed by atoms with E-state index in [0.29, 0.717) is 6.61 Å². The number of ether oxygens (including phenoxy) is 1. The minimum absolute atomic E-state index is 0.00586. The Labute approximate surface area is 124 Å². The zero-order chi connectivity index (χ0) is 15.9. The van der Waals surface area contributed by atoms with Gasteiger partial charge in [-0.05, 0) is 13.8 Å². The van der Waals surface area contributed by atoms with Crippen LogP contribution in [0.4, 0.5) is 14.7 Å². The van der Waals surface area contributed by atoms with Crippen LogP contribution in [-0.4, -0.2) is 31.0 Å². The lowest BCUT2D eigenvalue weighted by atomic mass is 10.1. The molecule has 2 N–H and O–H groups in total. The largest absolute Gasteiger partial charge is 0.366 e. The predicted octanol–water partition coefficient (Wildman–Crippen LogP) is 2.01. The van der Waals surface area contributed by atoms with Gasteiger partial charge in [0.15, 0.2) is 5.65 Å². The number of nitrogen functional groups attached to an aromatic ring is 1. The van der Waals surface area contributed by atoms with Crippen LogP contribution in [0, 0.1) is 11.8 Å². The number of anilines is 1. The van der Waals surface area contributed by atoms with Crippen LogP contribution in [0.1, 0.15) is 20.1 Å². The first-order valence-corrected chi connectivity index (χ1v) is 6.67. The maximum absolute atomic E-state index is 14.5. The Hall–Kier alpha value is -2.55. The molecule has 22 heavy (non-hydrogen) atoms. The molecule has 0 bridgehead atoms. The van der Waals surface area contributed by atoms with Crippen LogP contribution in [0.15, 0.2) is 18.5 Å². The maximum Gasteiger partial charge on any atom is 0.240 e. The minimum atomic E-state index is -0.886. The summed E-state index contributed by atoms with van der Waals surface area (Å²) in [5.74, 6) is -1.78. The predicted molar refractivity (Wildman–Crippen MR) is 74.9 cm³/mol. The van der Waals surface area contributed by atoms with E-state index in [-0.39, 0.29) is 29.0 Å². The second-order valence-electron chi connectivity index (χ2n) is 4.66. The van der Waals surface area contributed by atoms with E-state index < -0.39 is 11.8 Å². The number of rotatable bonds is 4. The van der Waals surface area contributed by atoms with Gasteiger partial charge in [0.05, 0.1) is 11.8 Å². The third kappa shape index (κ3) is 2.29. The Bertz CT molecular complexity index is 827. The third-order valence-corrected chi connectivity index (χ3v) is 3.21. The molecule has 9 heteroatoms. The molecular weight excluding hydrogens is 294 g/mol. The van der Waals surface area contributed by atoms with Gasteiger partial charge in [-0.3, -0.25) is 0 Å². The molecule has 7 nitrogen and oxygen atoms in total. The van der Waals surface area contributed by atoms with Crippen molar-refractivity contribution < 1.29 is 13.5 Å². The van der Waals surface area contributed by atoms with Gasteiger partial charge in [-0.25, -0.2) is 9.07 Å². The van der Waals surface area contributed by atoms with Gasteiger partial charge in [0.1, 0.15) is 12.0 Å². The first kappa shape index (κ1) is 14.4. The van der Waals surface area contributed by atoms with Gasteiger partial charge in [-0.2, -0.15) is 19.0 Å². The van der Waals surface area contributed by atoms with Gasteiger partial charge in [0, 0.05) is 24.4 Å². The van der Waals surface area contributed by atoms with E-state index in [0.717, 1.165) is 10.6 Å². The van der Waals surface area contributed by atoms with Gasteiger partial charge >= 0.3 is 0 Å². The van der Waals surface area contributed by atoms with Gasteiger partial charge in [0.2, 0.25) is 11.9 Å². The summed E-state index contributed by atoms with van der Waals surface area (Å²) in [5.41, 5.74) is 5.45. The van der Waals surface area contributed by atoms with Crippen molar-refractivity contribution in [2.24, 2.45) is 0 Å². The van der Waals surface area contributed by atoms with Crippen molar-refractivity contribution in [3.63, 3.8) is 0 Å². The summed E-state index contributed by atoms with van der Waals surface area (Å²) in [5, 5.41) is 7.77. The summed E-state index contributed by atoms with van der Waals surface area (Å²) in [6.07, 6.45) is 2.53. The number of hydrogen-bond donors (Lipinski definition) is 1. The molecule has 0 saturated heterocycles. The maximum atomic E-state index is 14.5. The lowest BCUT2D eigenvalue weighted by Gasteiger charge is -2.11. The second kappa shape index (κ2) is 5.34. The normalized spacial score (nSPS) is 12.9. The summed E-state index contributed by atoms with van der Waals surface area (Å²) in [6, 6.07) is 1.07. The minimum Gasteiger partial charge on any atom is -0.366 e. The van der Waals surface area contributed by atoms with Crippen LogP contribution < -0.4 is 5.73 Å². The van der Waals surface area contributed by atoms with Crippen molar-refractivity contribution >= 4 is 11.6 Å². The highest BCUT2D eigenvalue weighted by atomic mass is 19.1. The van der Waals surface area contributed by atoms with Gasteiger partial charge in [-0.1, -0.05) is 0 Å². The van der Waals surface area contributed by atoms with Crippen molar-refractivity contribution in [3.05, 3.63) is 30.2 Å². The summed E-state index contributed by atoms with van der Waals surface area (Å²) < 4.78 is 36.4. The lowest BCUT2D eigenvalue weighted by molar-refractivity contribution is 0.0160. The molecule has 0 saturated carbocycles. The Kier molecular flexibility index (Phi) is 3.49. The van der Waals surface area contributed by atoms with E-state index in [1.54, 1.807) is 6.92 Å². The van der Waals surface area contributed by atoms with Gasteiger partial charge in [-0.15, -0.1) is 5.10 Å². The van der Waals surface area contributed by atoms with E-state index in [1.807, 2.05) is 6.92 Å². The highest BCUT2D eigenvalue weighted by molar-refractivity contribution is 5.65. The van der Waals surface area contributed by atoms with Crippen molar-refractivity contribution in [3.8, 4) is 11.1 Å². The highest BCUT2D eigenvalue weighted by Crippen LogP contribution is 2.27. The third-order valence-electron chi connectivity index (χ3n) is 3.21. The summed E-state index contributed by atoms with van der Waals surface area (Å²) in [7, 11) is 0. The summed E-state index contributed by atoms with van der Waals surface area (Å²) >= 11 is 0. The summed E-state index contributed by atoms with van der Waals surface area (Å²) in [4.78, 5) is 3.74. The standard InChI is InChI=1S/C13H14F2N6O/c1-3-22-7(2)20-6-8(5-17-20)11-9(14)4-10-18-13(16)19-21(10)12(11)15/h4-7H,3H2,1-2H3,(H2,16,19). The molecule has 3 aromatic rings. The smallest absolute Gasteiger partial charge is 0.240 e. The van der Waals surface area contributed by atoms with E-state index in [2.05, 4.69) is 15.2 Å². The number of halogens is 2. The van der Waals surface area contributed by atoms with Gasteiger partial charge < -0.3 is 10.5 Å². The first-order chi connectivity index (χ1) is 10.5. The number of nitrogens with two attached hydrogens (primary N) is 1. The lowest BCUT2D eigenvalue weighted by Crippen LogP contribution is -2.09. The van der Waals surface area contributed by atoms with E-state index in [9.17, 15) is 8.78 Å². The Morgan fingerprint density at radius 2 is 2.18 bits per heavy atom. The number of fused-ring (bicyclic) bond motifs is 1. The average Bonchev–Trinajstić information content (AvgIpc) is 3.06. The molecule has 0 amide bonds.